The van der Waals surface area contributed by atoms with Crippen LogP contribution in [0.15, 0.2) is 24.3 Å². The van der Waals surface area contributed by atoms with Gasteiger partial charge < -0.3 is 10.8 Å². The predicted molar refractivity (Wildman–Crippen MR) is 76.5 cm³/mol. The standard InChI is InChI=1S/C15H26N2O/c1-13-7-6-8-14(11-13)15(12-16)17(2)9-4-3-5-10-18/h6-8,11,15,18H,3-5,9-10,12,16H2,1-2H3. The summed E-state index contributed by atoms with van der Waals surface area (Å²) in [5.41, 5.74) is 8.48. The lowest BCUT2D eigenvalue weighted by Gasteiger charge is -2.27. The number of hydrogen-bond donors (Lipinski definition) is 2. The summed E-state index contributed by atoms with van der Waals surface area (Å²) in [7, 11) is 2.12. The highest BCUT2D eigenvalue weighted by Gasteiger charge is 2.14. The summed E-state index contributed by atoms with van der Waals surface area (Å²) < 4.78 is 0. The van der Waals surface area contributed by atoms with Gasteiger partial charge in [-0.15, -0.1) is 0 Å². The molecule has 102 valence electrons. The molecule has 3 N–H and O–H groups in total. The first-order chi connectivity index (χ1) is 8.69. The van der Waals surface area contributed by atoms with E-state index in [-0.39, 0.29) is 0 Å². The Hall–Kier alpha value is -0.900. The largest absolute Gasteiger partial charge is 0.396 e. The van der Waals surface area contributed by atoms with Gasteiger partial charge in [0.1, 0.15) is 0 Å². The summed E-state index contributed by atoms with van der Waals surface area (Å²) in [5, 5.41) is 8.76. The first-order valence-corrected chi connectivity index (χ1v) is 6.76. The number of unbranched alkanes of at least 4 members (excludes halogenated alkanes) is 2. The maximum Gasteiger partial charge on any atom is 0.0467 e. The summed E-state index contributed by atoms with van der Waals surface area (Å²) in [6.07, 6.45) is 3.08. The van der Waals surface area contributed by atoms with E-state index in [1.54, 1.807) is 0 Å². The van der Waals surface area contributed by atoms with Crippen LogP contribution in [0.2, 0.25) is 0 Å². The zero-order valence-electron chi connectivity index (χ0n) is 11.6. The van der Waals surface area contributed by atoms with Crippen LogP contribution < -0.4 is 5.73 Å². The lowest BCUT2D eigenvalue weighted by atomic mass is 10.0. The Bertz CT molecular complexity index is 341. The van der Waals surface area contributed by atoms with E-state index in [4.69, 9.17) is 10.8 Å². The second-order valence-electron chi connectivity index (χ2n) is 4.93. The van der Waals surface area contributed by atoms with Crippen LogP contribution in [0.1, 0.15) is 36.4 Å². The van der Waals surface area contributed by atoms with Gasteiger partial charge in [0.2, 0.25) is 0 Å². The SMILES string of the molecule is Cc1cccc(C(CN)N(C)CCCCCO)c1. The molecule has 1 rings (SSSR count). The fourth-order valence-corrected chi connectivity index (χ4v) is 2.25. The number of nitrogens with two attached hydrogens (primary N) is 1. The summed E-state index contributed by atoms with van der Waals surface area (Å²) in [5.74, 6) is 0. The average molecular weight is 250 g/mol. The zero-order chi connectivity index (χ0) is 13.4. The van der Waals surface area contributed by atoms with Crippen LogP contribution in [0.3, 0.4) is 0 Å². The zero-order valence-corrected chi connectivity index (χ0v) is 11.6. The van der Waals surface area contributed by atoms with Gasteiger partial charge in [-0.05, 0) is 45.3 Å². The summed E-state index contributed by atoms with van der Waals surface area (Å²) in [4.78, 5) is 2.31. The van der Waals surface area contributed by atoms with Crippen molar-refractivity contribution in [2.24, 2.45) is 5.73 Å². The van der Waals surface area contributed by atoms with Crippen molar-refractivity contribution in [2.75, 3.05) is 26.7 Å². The molecule has 0 aromatic heterocycles. The second kappa shape index (κ2) is 8.25. The van der Waals surface area contributed by atoms with E-state index < -0.39 is 0 Å². The third-order valence-electron chi connectivity index (χ3n) is 3.35. The molecule has 3 nitrogen and oxygen atoms in total. The fraction of sp³-hybridized carbons (Fsp3) is 0.600. The lowest BCUT2D eigenvalue weighted by molar-refractivity contribution is 0.236. The number of aliphatic hydroxyl groups is 1. The number of aliphatic hydroxyl groups excluding tert-OH is 1. The Balaban J connectivity index is 2.54. The van der Waals surface area contributed by atoms with Gasteiger partial charge in [-0.25, -0.2) is 0 Å². The minimum absolute atomic E-state index is 0.291. The molecular formula is C15H26N2O. The summed E-state index contributed by atoms with van der Waals surface area (Å²) >= 11 is 0. The van der Waals surface area contributed by atoms with Crippen LogP contribution in [0.25, 0.3) is 0 Å². The molecule has 0 aliphatic rings. The van der Waals surface area contributed by atoms with E-state index in [1.807, 2.05) is 0 Å². The highest BCUT2D eigenvalue weighted by molar-refractivity contribution is 5.25. The third kappa shape index (κ3) is 4.77. The smallest absolute Gasteiger partial charge is 0.0467 e. The Morgan fingerprint density at radius 3 is 2.67 bits per heavy atom. The molecule has 0 radical (unpaired) electrons. The van der Waals surface area contributed by atoms with Gasteiger partial charge in [0, 0.05) is 19.2 Å². The van der Waals surface area contributed by atoms with Crippen LogP contribution in [-0.2, 0) is 0 Å². The monoisotopic (exact) mass is 250 g/mol. The van der Waals surface area contributed by atoms with Crippen molar-refractivity contribution in [3.8, 4) is 0 Å². The molecule has 3 heteroatoms. The van der Waals surface area contributed by atoms with Crippen molar-refractivity contribution >= 4 is 0 Å². The van der Waals surface area contributed by atoms with Crippen LogP contribution in [0.4, 0.5) is 0 Å². The molecule has 1 unspecified atom stereocenters. The maximum atomic E-state index is 8.76. The molecule has 0 saturated carbocycles. The quantitative estimate of drug-likeness (QED) is 0.695. The van der Waals surface area contributed by atoms with Crippen molar-refractivity contribution in [2.45, 2.75) is 32.2 Å². The minimum Gasteiger partial charge on any atom is -0.396 e. The normalized spacial score (nSPS) is 12.9. The second-order valence-corrected chi connectivity index (χ2v) is 4.93. The van der Waals surface area contributed by atoms with Crippen molar-refractivity contribution in [1.29, 1.82) is 0 Å². The molecule has 0 heterocycles. The van der Waals surface area contributed by atoms with E-state index >= 15 is 0 Å². The number of aryl methyl sites for hydroxylation is 1. The predicted octanol–water partition coefficient (Wildman–Crippen LogP) is 2.09. The fourth-order valence-electron chi connectivity index (χ4n) is 2.25. The minimum atomic E-state index is 0.291. The maximum absolute atomic E-state index is 8.76. The third-order valence-corrected chi connectivity index (χ3v) is 3.35. The highest BCUT2D eigenvalue weighted by Crippen LogP contribution is 2.19. The first kappa shape index (κ1) is 15.2. The van der Waals surface area contributed by atoms with Gasteiger partial charge in [-0.3, -0.25) is 4.90 Å². The molecule has 0 aliphatic heterocycles. The summed E-state index contributed by atoms with van der Waals surface area (Å²) in [6, 6.07) is 8.85. The molecule has 18 heavy (non-hydrogen) atoms. The molecule has 0 aliphatic carbocycles. The Labute approximate surface area is 111 Å². The van der Waals surface area contributed by atoms with E-state index in [2.05, 4.69) is 43.1 Å². The molecule has 1 aromatic rings. The molecule has 0 fully saturated rings. The Kier molecular flexibility index (Phi) is 6.94. The van der Waals surface area contributed by atoms with Crippen LogP contribution in [0, 0.1) is 6.92 Å². The van der Waals surface area contributed by atoms with Crippen molar-refractivity contribution in [3.63, 3.8) is 0 Å². The van der Waals surface area contributed by atoms with E-state index in [1.165, 1.54) is 11.1 Å². The average Bonchev–Trinajstić information content (AvgIpc) is 2.36. The van der Waals surface area contributed by atoms with Crippen molar-refractivity contribution in [3.05, 3.63) is 35.4 Å². The van der Waals surface area contributed by atoms with Gasteiger partial charge in [0.05, 0.1) is 0 Å². The van der Waals surface area contributed by atoms with Gasteiger partial charge in [-0.1, -0.05) is 29.8 Å². The van der Waals surface area contributed by atoms with Crippen LogP contribution in [-0.4, -0.2) is 36.8 Å². The molecule has 0 saturated heterocycles. The Morgan fingerprint density at radius 1 is 1.28 bits per heavy atom. The molecular weight excluding hydrogens is 224 g/mol. The molecule has 1 atom stereocenters. The van der Waals surface area contributed by atoms with Gasteiger partial charge in [-0.2, -0.15) is 0 Å². The highest BCUT2D eigenvalue weighted by atomic mass is 16.2. The van der Waals surface area contributed by atoms with Crippen LogP contribution in [0.5, 0.6) is 0 Å². The Morgan fingerprint density at radius 2 is 2.06 bits per heavy atom. The van der Waals surface area contributed by atoms with E-state index in [0.29, 0.717) is 19.2 Å². The van der Waals surface area contributed by atoms with Crippen molar-refractivity contribution in [1.82, 2.24) is 4.90 Å². The number of hydrogen-bond acceptors (Lipinski definition) is 3. The summed E-state index contributed by atoms with van der Waals surface area (Å²) in [6.45, 7) is 4.07. The number of rotatable bonds is 8. The molecule has 0 amide bonds. The van der Waals surface area contributed by atoms with E-state index in [0.717, 1.165) is 25.8 Å². The van der Waals surface area contributed by atoms with E-state index in [9.17, 15) is 0 Å². The molecule has 0 spiro atoms. The lowest BCUT2D eigenvalue weighted by Crippen LogP contribution is -2.31. The number of nitrogens with zero attached hydrogens (tertiary/aromatic N) is 1. The first-order valence-electron chi connectivity index (χ1n) is 6.76. The molecule has 0 bridgehead atoms. The van der Waals surface area contributed by atoms with Crippen molar-refractivity contribution < 1.29 is 5.11 Å². The van der Waals surface area contributed by atoms with Gasteiger partial charge >= 0.3 is 0 Å². The van der Waals surface area contributed by atoms with Crippen LogP contribution >= 0.6 is 0 Å². The van der Waals surface area contributed by atoms with Gasteiger partial charge in [0.15, 0.2) is 0 Å². The molecule has 1 aromatic carbocycles. The number of benzene rings is 1. The number of likely N-dealkylation sites (N-methyl/N-ethyl adjacent to an activating group) is 1. The van der Waals surface area contributed by atoms with Gasteiger partial charge in [0.25, 0.3) is 0 Å². The topological polar surface area (TPSA) is 49.5 Å².